The maximum Gasteiger partial charge on any atom is 0.416 e. The third kappa shape index (κ3) is 5.53. The number of benzene rings is 2. The van der Waals surface area contributed by atoms with Crippen molar-refractivity contribution in [1.29, 1.82) is 0 Å². The van der Waals surface area contributed by atoms with Gasteiger partial charge in [0.1, 0.15) is 5.75 Å². The van der Waals surface area contributed by atoms with Gasteiger partial charge in [-0.05, 0) is 49.4 Å². The van der Waals surface area contributed by atoms with Crippen molar-refractivity contribution in [3.8, 4) is 5.75 Å². The summed E-state index contributed by atoms with van der Waals surface area (Å²) in [5.74, 6) is -0.836. The van der Waals surface area contributed by atoms with Gasteiger partial charge in [0.2, 0.25) is 0 Å². The Hall–Kier alpha value is -2.42. The van der Waals surface area contributed by atoms with E-state index in [0.29, 0.717) is 6.07 Å². The molecule has 0 bridgehead atoms. The number of anilines is 1. The molecular weight excluding hydrogens is 400 g/mol. The van der Waals surface area contributed by atoms with Gasteiger partial charge in [-0.15, -0.1) is 0 Å². The molecule has 1 N–H and O–H groups in total. The van der Waals surface area contributed by atoms with E-state index in [9.17, 15) is 31.1 Å². The minimum absolute atomic E-state index is 0.0132. The first-order valence-corrected chi connectivity index (χ1v) is 7.77. The zero-order chi connectivity index (χ0) is 20.4. The van der Waals surface area contributed by atoms with Crippen LogP contribution in [0.1, 0.15) is 18.1 Å². The van der Waals surface area contributed by atoms with Crippen LogP contribution >= 0.6 is 11.6 Å². The van der Waals surface area contributed by atoms with E-state index >= 15 is 0 Å². The lowest BCUT2D eigenvalue weighted by Crippen LogP contribution is -2.30. The fourth-order valence-electron chi connectivity index (χ4n) is 2.01. The van der Waals surface area contributed by atoms with Crippen LogP contribution in [0.4, 0.5) is 32.0 Å². The third-order valence-electron chi connectivity index (χ3n) is 3.42. The molecule has 2 aromatic carbocycles. The maximum atomic E-state index is 12.7. The van der Waals surface area contributed by atoms with E-state index < -0.39 is 35.5 Å². The summed E-state index contributed by atoms with van der Waals surface area (Å²) >= 11 is 5.79. The van der Waals surface area contributed by atoms with Crippen molar-refractivity contribution in [3.63, 3.8) is 0 Å². The molecule has 0 aromatic heterocycles. The van der Waals surface area contributed by atoms with Crippen LogP contribution in [-0.2, 0) is 17.1 Å². The van der Waals surface area contributed by atoms with Gasteiger partial charge in [0.05, 0.1) is 21.8 Å². The molecular formula is C17H12ClF6NO2. The first-order chi connectivity index (χ1) is 12.4. The zero-order valence-corrected chi connectivity index (χ0v) is 14.3. The molecule has 0 heterocycles. The molecule has 0 radical (unpaired) electrons. The van der Waals surface area contributed by atoms with Crippen LogP contribution in [0.3, 0.4) is 0 Å². The van der Waals surface area contributed by atoms with Crippen molar-refractivity contribution < 1.29 is 35.9 Å². The molecule has 0 spiro atoms. The number of carbonyl (C=O) groups excluding carboxylic acids is 1. The summed E-state index contributed by atoms with van der Waals surface area (Å²) in [4.78, 5) is 12.1. The molecule has 0 saturated heterocycles. The van der Waals surface area contributed by atoms with Crippen LogP contribution in [0.25, 0.3) is 0 Å². The molecule has 146 valence electrons. The predicted octanol–water partition coefficient (Wildman–Crippen LogP) is 5.78. The lowest BCUT2D eigenvalue weighted by molar-refractivity contribution is -0.138. The Morgan fingerprint density at radius 2 is 1.48 bits per heavy atom. The van der Waals surface area contributed by atoms with E-state index in [1.807, 2.05) is 0 Å². The first-order valence-electron chi connectivity index (χ1n) is 7.39. The molecule has 0 fully saturated rings. The van der Waals surface area contributed by atoms with Crippen LogP contribution in [-0.4, -0.2) is 12.0 Å². The molecule has 0 aliphatic heterocycles. The largest absolute Gasteiger partial charge is 0.481 e. The Balaban J connectivity index is 2.08. The van der Waals surface area contributed by atoms with E-state index in [1.165, 1.54) is 6.92 Å². The summed E-state index contributed by atoms with van der Waals surface area (Å²) in [6.45, 7) is 1.29. The first kappa shape index (κ1) is 20.9. The quantitative estimate of drug-likeness (QED) is 0.647. The predicted molar refractivity (Wildman–Crippen MR) is 86.6 cm³/mol. The summed E-state index contributed by atoms with van der Waals surface area (Å²) in [6.07, 6.45) is -10.3. The van der Waals surface area contributed by atoms with Gasteiger partial charge in [-0.1, -0.05) is 11.6 Å². The van der Waals surface area contributed by atoms with Gasteiger partial charge in [0.25, 0.3) is 5.91 Å². The lowest BCUT2D eigenvalue weighted by Gasteiger charge is -2.17. The average molecular weight is 412 g/mol. The van der Waals surface area contributed by atoms with Crippen LogP contribution in [0, 0.1) is 0 Å². The van der Waals surface area contributed by atoms with Crippen LogP contribution in [0.15, 0.2) is 42.5 Å². The van der Waals surface area contributed by atoms with Crippen molar-refractivity contribution in [2.24, 2.45) is 0 Å². The maximum absolute atomic E-state index is 12.7. The molecule has 1 amide bonds. The van der Waals surface area contributed by atoms with E-state index in [1.54, 1.807) is 0 Å². The number of rotatable bonds is 4. The molecule has 3 nitrogen and oxygen atoms in total. The number of halogens is 7. The number of nitrogens with one attached hydrogen (secondary N) is 1. The van der Waals surface area contributed by atoms with Crippen LogP contribution in [0.2, 0.25) is 5.02 Å². The Kier molecular flexibility index (Phi) is 5.94. The second-order valence-electron chi connectivity index (χ2n) is 5.46. The second-order valence-corrected chi connectivity index (χ2v) is 5.87. The highest BCUT2D eigenvalue weighted by molar-refractivity contribution is 6.33. The van der Waals surface area contributed by atoms with Crippen molar-refractivity contribution in [2.75, 3.05) is 5.32 Å². The molecule has 2 aromatic rings. The third-order valence-corrected chi connectivity index (χ3v) is 3.74. The van der Waals surface area contributed by atoms with Gasteiger partial charge in [0.15, 0.2) is 6.10 Å². The summed E-state index contributed by atoms with van der Waals surface area (Å²) in [7, 11) is 0. The SMILES string of the molecule is C[C@H](Oc1ccc(C(F)(F)F)cc1)C(=O)Nc1cc(C(F)(F)F)ccc1Cl. The lowest BCUT2D eigenvalue weighted by atomic mass is 10.2. The molecule has 1 atom stereocenters. The van der Waals surface area contributed by atoms with Gasteiger partial charge in [-0.25, -0.2) is 0 Å². The Morgan fingerprint density at radius 1 is 0.963 bits per heavy atom. The number of hydrogen-bond donors (Lipinski definition) is 1. The highest BCUT2D eigenvalue weighted by Gasteiger charge is 2.32. The van der Waals surface area contributed by atoms with Gasteiger partial charge >= 0.3 is 12.4 Å². The Morgan fingerprint density at radius 3 is 2.00 bits per heavy atom. The van der Waals surface area contributed by atoms with E-state index in [-0.39, 0.29) is 16.5 Å². The van der Waals surface area contributed by atoms with Gasteiger partial charge in [-0.3, -0.25) is 4.79 Å². The Labute approximate surface area is 154 Å². The van der Waals surface area contributed by atoms with Crippen LogP contribution < -0.4 is 10.1 Å². The summed E-state index contributed by atoms with van der Waals surface area (Å²) in [6, 6.07) is 6.05. The van der Waals surface area contributed by atoms with E-state index in [0.717, 1.165) is 36.4 Å². The summed E-state index contributed by atoms with van der Waals surface area (Å²) < 4.78 is 81.0. The minimum atomic E-state index is -4.62. The average Bonchev–Trinajstić information content (AvgIpc) is 2.55. The molecule has 0 aliphatic carbocycles. The highest BCUT2D eigenvalue weighted by Crippen LogP contribution is 2.34. The smallest absolute Gasteiger partial charge is 0.416 e. The molecule has 0 aliphatic rings. The fourth-order valence-corrected chi connectivity index (χ4v) is 2.18. The van der Waals surface area contributed by atoms with Gasteiger partial charge < -0.3 is 10.1 Å². The molecule has 2 rings (SSSR count). The zero-order valence-electron chi connectivity index (χ0n) is 13.6. The molecule has 0 saturated carbocycles. The van der Waals surface area contributed by atoms with Crippen molar-refractivity contribution >= 4 is 23.2 Å². The van der Waals surface area contributed by atoms with Crippen LogP contribution in [0.5, 0.6) is 5.75 Å². The normalized spacial score (nSPS) is 13.2. The number of alkyl halides is 6. The highest BCUT2D eigenvalue weighted by atomic mass is 35.5. The molecule has 0 unspecified atom stereocenters. The van der Waals surface area contributed by atoms with Gasteiger partial charge in [0, 0.05) is 0 Å². The monoisotopic (exact) mass is 411 g/mol. The fraction of sp³-hybridized carbons (Fsp3) is 0.235. The van der Waals surface area contributed by atoms with Gasteiger partial charge in [-0.2, -0.15) is 26.3 Å². The van der Waals surface area contributed by atoms with Crippen molar-refractivity contribution in [3.05, 3.63) is 58.6 Å². The summed E-state index contributed by atoms with van der Waals surface area (Å²) in [5.41, 5.74) is -2.15. The number of hydrogen-bond acceptors (Lipinski definition) is 2. The minimum Gasteiger partial charge on any atom is -0.481 e. The molecule has 10 heteroatoms. The standard InChI is InChI=1S/C17H12ClF6NO2/c1-9(27-12-5-2-10(3-6-12)16(19,20)21)15(26)25-14-8-11(17(22,23)24)4-7-13(14)18/h2-9H,1H3,(H,25,26)/t9-/m0/s1. The molecule has 27 heavy (non-hydrogen) atoms. The Bertz CT molecular complexity index is 818. The van der Waals surface area contributed by atoms with Crippen molar-refractivity contribution in [2.45, 2.75) is 25.4 Å². The van der Waals surface area contributed by atoms with Crippen molar-refractivity contribution in [1.82, 2.24) is 0 Å². The van der Waals surface area contributed by atoms with E-state index in [2.05, 4.69) is 5.32 Å². The van der Waals surface area contributed by atoms with E-state index in [4.69, 9.17) is 16.3 Å². The topological polar surface area (TPSA) is 38.3 Å². The number of carbonyl (C=O) groups is 1. The number of amides is 1. The summed E-state index contributed by atoms with van der Waals surface area (Å²) in [5, 5.41) is 2.09. The second kappa shape index (κ2) is 7.67. The number of ether oxygens (including phenoxy) is 1.